The largest absolute Gasteiger partial charge is 0.478 e. The number of nitrogens with one attached hydrogen (secondary N) is 1. The number of ether oxygens (including phenoxy) is 1. The third kappa shape index (κ3) is 5.33. The molecule has 1 aliphatic rings. The van der Waals surface area contributed by atoms with Crippen molar-refractivity contribution in [3.05, 3.63) is 59.2 Å². The van der Waals surface area contributed by atoms with Crippen molar-refractivity contribution < 1.29 is 41.0 Å². The molecule has 2 aromatic rings. The molecule has 166 valence electrons. The summed E-state index contributed by atoms with van der Waals surface area (Å²) < 4.78 is 71.4. The summed E-state index contributed by atoms with van der Waals surface area (Å²) in [5.41, 5.74) is -2.34. The average molecular weight is 458 g/mol. The van der Waals surface area contributed by atoms with Crippen LogP contribution in [0.2, 0.25) is 0 Å². The van der Waals surface area contributed by atoms with E-state index in [1.54, 1.807) is 4.90 Å². The van der Waals surface area contributed by atoms with Crippen LogP contribution in [0.25, 0.3) is 0 Å². The molecule has 0 atom stereocenters. The van der Waals surface area contributed by atoms with Crippen LogP contribution in [0.5, 0.6) is 0 Å². The molecule has 31 heavy (non-hydrogen) atoms. The molecule has 2 aromatic carbocycles. The van der Waals surface area contributed by atoms with Crippen molar-refractivity contribution in [1.29, 1.82) is 0 Å². The van der Waals surface area contributed by atoms with Gasteiger partial charge in [-0.15, -0.1) is 0 Å². The van der Waals surface area contributed by atoms with Crippen molar-refractivity contribution in [2.75, 3.05) is 31.0 Å². The van der Waals surface area contributed by atoms with Gasteiger partial charge in [0.25, 0.3) is 15.9 Å². The summed E-state index contributed by atoms with van der Waals surface area (Å²) in [4.78, 5) is 24.8. The van der Waals surface area contributed by atoms with Gasteiger partial charge in [0.2, 0.25) is 0 Å². The number of carbonyl (C=O) groups excluding carboxylic acids is 1. The molecule has 1 fully saturated rings. The highest BCUT2D eigenvalue weighted by Crippen LogP contribution is 2.32. The lowest BCUT2D eigenvalue weighted by atomic mass is 10.1. The SMILES string of the molecule is O=C(O)c1cc(NS(=O)(=O)c2ccc(C(=O)N3CCOCC3)cc2)cc(C(F)(F)F)c1. The first kappa shape index (κ1) is 22.6. The molecule has 8 nitrogen and oxygen atoms in total. The number of hydrogen-bond donors (Lipinski definition) is 2. The number of aromatic carboxylic acids is 1. The van der Waals surface area contributed by atoms with Gasteiger partial charge in [-0.05, 0) is 42.5 Å². The Labute approximate surface area is 175 Å². The number of sulfonamides is 1. The lowest BCUT2D eigenvalue weighted by molar-refractivity contribution is -0.137. The summed E-state index contributed by atoms with van der Waals surface area (Å²) >= 11 is 0. The zero-order chi connectivity index (χ0) is 22.8. The number of alkyl halides is 3. The molecular weight excluding hydrogens is 441 g/mol. The van der Waals surface area contributed by atoms with Crippen molar-refractivity contribution >= 4 is 27.6 Å². The van der Waals surface area contributed by atoms with E-state index in [0.29, 0.717) is 38.4 Å². The quantitative estimate of drug-likeness (QED) is 0.713. The molecule has 1 saturated heterocycles. The lowest BCUT2D eigenvalue weighted by Gasteiger charge is -2.26. The molecule has 12 heteroatoms. The Morgan fingerprint density at radius 3 is 2.16 bits per heavy atom. The smallest absolute Gasteiger partial charge is 0.416 e. The number of rotatable bonds is 5. The number of anilines is 1. The van der Waals surface area contributed by atoms with Gasteiger partial charge in [0, 0.05) is 18.7 Å². The summed E-state index contributed by atoms with van der Waals surface area (Å²) in [6.07, 6.45) is -4.87. The third-order valence-electron chi connectivity index (χ3n) is 4.47. The number of carboxylic acid groups (broad SMARTS) is 1. The topological polar surface area (TPSA) is 113 Å². The van der Waals surface area contributed by atoms with Gasteiger partial charge in [0.05, 0.1) is 34.9 Å². The van der Waals surface area contributed by atoms with Crippen LogP contribution < -0.4 is 4.72 Å². The van der Waals surface area contributed by atoms with Crippen molar-refractivity contribution in [2.24, 2.45) is 0 Å². The molecule has 0 saturated carbocycles. The predicted octanol–water partition coefficient (Wildman–Crippen LogP) is 2.68. The number of hydrogen-bond acceptors (Lipinski definition) is 5. The molecule has 0 aromatic heterocycles. The maximum absolute atomic E-state index is 13.0. The molecule has 0 unspecified atom stereocenters. The fraction of sp³-hybridized carbons (Fsp3) is 0.263. The normalized spacial score (nSPS) is 14.9. The number of carbonyl (C=O) groups is 2. The van der Waals surface area contributed by atoms with Crippen LogP contribution in [0, 0.1) is 0 Å². The molecule has 0 radical (unpaired) electrons. The lowest BCUT2D eigenvalue weighted by Crippen LogP contribution is -2.40. The van der Waals surface area contributed by atoms with E-state index in [1.807, 2.05) is 4.72 Å². The monoisotopic (exact) mass is 458 g/mol. The Morgan fingerprint density at radius 2 is 1.61 bits per heavy atom. The fourth-order valence-electron chi connectivity index (χ4n) is 2.91. The molecule has 3 rings (SSSR count). The zero-order valence-corrected chi connectivity index (χ0v) is 16.7. The summed E-state index contributed by atoms with van der Waals surface area (Å²) in [7, 11) is -4.34. The highest BCUT2D eigenvalue weighted by molar-refractivity contribution is 7.92. The van der Waals surface area contributed by atoms with Gasteiger partial charge in [-0.25, -0.2) is 13.2 Å². The minimum Gasteiger partial charge on any atom is -0.478 e. The van der Waals surface area contributed by atoms with Crippen LogP contribution in [0.15, 0.2) is 47.4 Å². The molecule has 1 aliphatic heterocycles. The average Bonchev–Trinajstić information content (AvgIpc) is 2.72. The Morgan fingerprint density at radius 1 is 1.00 bits per heavy atom. The van der Waals surface area contributed by atoms with Crippen LogP contribution in [0.3, 0.4) is 0 Å². The van der Waals surface area contributed by atoms with E-state index in [2.05, 4.69) is 0 Å². The Hall–Kier alpha value is -3.12. The third-order valence-corrected chi connectivity index (χ3v) is 5.87. The van der Waals surface area contributed by atoms with Gasteiger partial charge in [-0.1, -0.05) is 0 Å². The van der Waals surface area contributed by atoms with E-state index >= 15 is 0 Å². The summed E-state index contributed by atoms with van der Waals surface area (Å²) in [5, 5.41) is 9.02. The summed E-state index contributed by atoms with van der Waals surface area (Å²) in [6.45, 7) is 1.61. The molecule has 0 aliphatic carbocycles. The summed E-state index contributed by atoms with van der Waals surface area (Å²) in [6, 6.07) is 6.56. The molecule has 0 bridgehead atoms. The van der Waals surface area contributed by atoms with E-state index in [1.165, 1.54) is 12.1 Å². The second-order valence-electron chi connectivity index (χ2n) is 6.64. The van der Waals surface area contributed by atoms with Crippen molar-refractivity contribution in [3.63, 3.8) is 0 Å². The van der Waals surface area contributed by atoms with Gasteiger partial charge in [0.1, 0.15) is 0 Å². The molecule has 1 amide bonds. The van der Waals surface area contributed by atoms with Crippen LogP contribution >= 0.6 is 0 Å². The Bertz CT molecular complexity index is 1090. The molecule has 1 heterocycles. The number of amides is 1. The Kier molecular flexibility index (Phi) is 6.23. The Balaban J connectivity index is 1.84. The highest BCUT2D eigenvalue weighted by atomic mass is 32.2. The van der Waals surface area contributed by atoms with Gasteiger partial charge in [-0.3, -0.25) is 9.52 Å². The van der Waals surface area contributed by atoms with Crippen LogP contribution in [0.4, 0.5) is 18.9 Å². The maximum atomic E-state index is 13.0. The van der Waals surface area contributed by atoms with Crippen molar-refractivity contribution in [2.45, 2.75) is 11.1 Å². The van der Waals surface area contributed by atoms with Gasteiger partial charge in [-0.2, -0.15) is 13.2 Å². The van der Waals surface area contributed by atoms with Crippen LogP contribution in [-0.4, -0.2) is 56.6 Å². The van der Waals surface area contributed by atoms with Gasteiger partial charge < -0.3 is 14.7 Å². The molecular formula is C19H17F3N2O6S. The van der Waals surface area contributed by atoms with E-state index in [0.717, 1.165) is 18.2 Å². The number of halogens is 3. The molecule has 2 N–H and O–H groups in total. The number of nitrogens with zero attached hydrogens (tertiary/aromatic N) is 1. The summed E-state index contributed by atoms with van der Waals surface area (Å²) in [5.74, 6) is -1.94. The van der Waals surface area contributed by atoms with Crippen LogP contribution in [0.1, 0.15) is 26.3 Å². The maximum Gasteiger partial charge on any atom is 0.416 e. The number of benzene rings is 2. The van der Waals surface area contributed by atoms with E-state index in [-0.39, 0.29) is 16.4 Å². The number of morpholine rings is 1. The van der Waals surface area contributed by atoms with Gasteiger partial charge >= 0.3 is 12.1 Å². The van der Waals surface area contributed by atoms with Crippen LogP contribution in [-0.2, 0) is 20.9 Å². The first-order valence-corrected chi connectivity index (χ1v) is 10.4. The zero-order valence-electron chi connectivity index (χ0n) is 15.8. The first-order chi connectivity index (χ1) is 14.5. The van der Waals surface area contributed by atoms with Gasteiger partial charge in [0.15, 0.2) is 0 Å². The van der Waals surface area contributed by atoms with E-state index < -0.39 is 39.0 Å². The van der Waals surface area contributed by atoms with E-state index in [9.17, 15) is 31.2 Å². The highest BCUT2D eigenvalue weighted by Gasteiger charge is 2.32. The number of carboxylic acids is 1. The second-order valence-corrected chi connectivity index (χ2v) is 8.32. The second kappa shape index (κ2) is 8.55. The minimum absolute atomic E-state index is 0.244. The first-order valence-electron chi connectivity index (χ1n) is 8.93. The molecule has 0 spiro atoms. The standard InChI is InChI=1S/C19H17F3N2O6S/c20-19(21,22)14-9-13(18(26)27)10-15(11-14)23-31(28,29)16-3-1-12(2-4-16)17(25)24-5-7-30-8-6-24/h1-4,9-11,23H,5-8H2,(H,26,27). The fourth-order valence-corrected chi connectivity index (χ4v) is 3.95. The van der Waals surface area contributed by atoms with Crippen molar-refractivity contribution in [3.8, 4) is 0 Å². The van der Waals surface area contributed by atoms with Crippen molar-refractivity contribution in [1.82, 2.24) is 4.90 Å². The predicted molar refractivity (Wildman–Crippen MR) is 102 cm³/mol. The van der Waals surface area contributed by atoms with E-state index in [4.69, 9.17) is 9.84 Å². The minimum atomic E-state index is -4.87.